The number of aromatic nitrogens is 3. The molecule has 92 valence electrons. The number of likely N-dealkylation sites (N-methyl/N-ethyl adjacent to an activating group) is 1. The fourth-order valence-corrected chi connectivity index (χ4v) is 1.83. The van der Waals surface area contributed by atoms with Crippen LogP contribution >= 0.6 is 12.2 Å². The van der Waals surface area contributed by atoms with Crippen molar-refractivity contribution >= 4 is 23.1 Å². The van der Waals surface area contributed by atoms with Gasteiger partial charge in [-0.2, -0.15) is 0 Å². The first-order valence-corrected chi connectivity index (χ1v) is 6.01. The predicted molar refractivity (Wildman–Crippen MR) is 66.3 cm³/mol. The lowest BCUT2D eigenvalue weighted by Gasteiger charge is -2.19. The summed E-state index contributed by atoms with van der Waals surface area (Å²) in [6.07, 6.45) is 3.69. The van der Waals surface area contributed by atoms with Crippen molar-refractivity contribution in [2.75, 3.05) is 6.54 Å². The van der Waals surface area contributed by atoms with Crippen LogP contribution in [0.1, 0.15) is 25.6 Å². The molecule has 0 bridgehead atoms. The van der Waals surface area contributed by atoms with Crippen LogP contribution < -0.4 is 5.73 Å². The molecular weight excluding hydrogens is 238 g/mol. The number of hydrogen-bond acceptors (Lipinski definition) is 4. The summed E-state index contributed by atoms with van der Waals surface area (Å²) in [5.74, 6) is 0.372. The largest absolute Gasteiger partial charge is 0.387 e. The first kappa shape index (κ1) is 12.0. The molecule has 2 rings (SSSR count). The number of carbonyl (C=O) groups is 1. The van der Waals surface area contributed by atoms with Crippen LogP contribution in [0.4, 0.5) is 0 Å². The van der Waals surface area contributed by atoms with Gasteiger partial charge in [-0.15, -0.1) is 5.10 Å². The third-order valence-electron chi connectivity index (χ3n) is 2.70. The van der Waals surface area contributed by atoms with Gasteiger partial charge in [-0.25, -0.2) is 9.67 Å². The third-order valence-corrected chi connectivity index (χ3v) is 2.89. The third kappa shape index (κ3) is 2.79. The standard InChI is InChI=1S/C10H15N5OS/c1-2-15(7-3-4-7)8(16)5-14-6-12-10(13-14)9(11)17/h6-7H,2-5H2,1H3,(H2,11,17). The van der Waals surface area contributed by atoms with E-state index in [1.54, 1.807) is 0 Å². The van der Waals surface area contributed by atoms with E-state index in [2.05, 4.69) is 10.1 Å². The normalized spacial score (nSPS) is 14.6. The molecule has 1 fully saturated rings. The molecule has 1 heterocycles. The molecule has 7 heteroatoms. The molecule has 0 unspecified atom stereocenters. The molecule has 6 nitrogen and oxygen atoms in total. The summed E-state index contributed by atoms with van der Waals surface area (Å²) >= 11 is 4.76. The Morgan fingerprint density at radius 1 is 1.71 bits per heavy atom. The van der Waals surface area contributed by atoms with E-state index in [1.807, 2.05) is 11.8 Å². The van der Waals surface area contributed by atoms with Crippen molar-refractivity contribution in [3.8, 4) is 0 Å². The van der Waals surface area contributed by atoms with Gasteiger partial charge in [0.1, 0.15) is 17.9 Å². The summed E-state index contributed by atoms with van der Waals surface area (Å²) in [5.41, 5.74) is 5.40. The zero-order valence-corrected chi connectivity index (χ0v) is 10.5. The molecule has 1 saturated carbocycles. The van der Waals surface area contributed by atoms with E-state index in [0.717, 1.165) is 19.4 Å². The van der Waals surface area contributed by atoms with E-state index in [1.165, 1.54) is 11.0 Å². The van der Waals surface area contributed by atoms with Gasteiger partial charge in [0, 0.05) is 12.6 Å². The van der Waals surface area contributed by atoms with Crippen LogP contribution in [0.2, 0.25) is 0 Å². The van der Waals surface area contributed by atoms with E-state index in [4.69, 9.17) is 18.0 Å². The van der Waals surface area contributed by atoms with Crippen LogP contribution in [-0.2, 0) is 11.3 Å². The Bertz CT molecular complexity index is 440. The molecule has 1 amide bonds. The number of rotatable bonds is 5. The molecular formula is C10H15N5OS. The van der Waals surface area contributed by atoms with Crippen LogP contribution in [-0.4, -0.2) is 43.1 Å². The first-order valence-electron chi connectivity index (χ1n) is 5.60. The minimum atomic E-state index is 0.0642. The molecule has 0 saturated heterocycles. The highest BCUT2D eigenvalue weighted by molar-refractivity contribution is 7.80. The molecule has 0 aromatic carbocycles. The molecule has 0 spiro atoms. The highest BCUT2D eigenvalue weighted by Gasteiger charge is 2.31. The van der Waals surface area contributed by atoms with Gasteiger partial charge in [-0.3, -0.25) is 4.79 Å². The van der Waals surface area contributed by atoms with E-state index >= 15 is 0 Å². The maximum absolute atomic E-state index is 12.0. The highest BCUT2D eigenvalue weighted by Crippen LogP contribution is 2.26. The average Bonchev–Trinajstić information content (AvgIpc) is 2.98. The Morgan fingerprint density at radius 3 is 2.88 bits per heavy atom. The molecule has 1 aromatic heterocycles. The van der Waals surface area contributed by atoms with Crippen molar-refractivity contribution in [3.05, 3.63) is 12.2 Å². The molecule has 1 aromatic rings. The van der Waals surface area contributed by atoms with Crippen molar-refractivity contribution in [1.82, 2.24) is 19.7 Å². The lowest BCUT2D eigenvalue weighted by molar-refractivity contribution is -0.132. The summed E-state index contributed by atoms with van der Waals surface area (Å²) in [7, 11) is 0. The SMILES string of the molecule is CCN(C(=O)Cn1cnc(C(N)=S)n1)C1CC1. The summed E-state index contributed by atoms with van der Waals surface area (Å²) in [6, 6.07) is 0.422. The van der Waals surface area contributed by atoms with Gasteiger partial charge < -0.3 is 10.6 Å². The van der Waals surface area contributed by atoms with Crippen molar-refractivity contribution < 1.29 is 4.79 Å². The van der Waals surface area contributed by atoms with Crippen LogP contribution in [0.25, 0.3) is 0 Å². The summed E-state index contributed by atoms with van der Waals surface area (Å²) in [5, 5.41) is 4.04. The topological polar surface area (TPSA) is 77.0 Å². The Kier molecular flexibility index (Phi) is 3.37. The minimum Gasteiger partial charge on any atom is -0.387 e. The van der Waals surface area contributed by atoms with E-state index < -0.39 is 0 Å². The number of amides is 1. The molecule has 0 aliphatic heterocycles. The van der Waals surface area contributed by atoms with Crippen LogP contribution in [0.15, 0.2) is 6.33 Å². The zero-order valence-electron chi connectivity index (χ0n) is 9.67. The van der Waals surface area contributed by atoms with E-state index in [9.17, 15) is 4.79 Å². The minimum absolute atomic E-state index is 0.0642. The molecule has 2 N–H and O–H groups in total. The Hall–Kier alpha value is -1.50. The van der Waals surface area contributed by atoms with Gasteiger partial charge >= 0.3 is 0 Å². The quantitative estimate of drug-likeness (QED) is 0.743. The van der Waals surface area contributed by atoms with Crippen LogP contribution in [0, 0.1) is 0 Å². The monoisotopic (exact) mass is 253 g/mol. The number of carbonyl (C=O) groups excluding carboxylic acids is 1. The average molecular weight is 253 g/mol. The summed E-state index contributed by atoms with van der Waals surface area (Å²) in [6.45, 7) is 2.91. The van der Waals surface area contributed by atoms with Gasteiger partial charge in [-0.1, -0.05) is 12.2 Å². The predicted octanol–water partition coefficient (Wildman–Crippen LogP) is -0.0768. The second-order valence-corrected chi connectivity index (χ2v) is 4.48. The van der Waals surface area contributed by atoms with Crippen molar-refractivity contribution in [3.63, 3.8) is 0 Å². The second kappa shape index (κ2) is 4.79. The van der Waals surface area contributed by atoms with Crippen LogP contribution in [0.3, 0.4) is 0 Å². The molecule has 1 aliphatic rings. The van der Waals surface area contributed by atoms with Crippen molar-refractivity contribution in [1.29, 1.82) is 0 Å². The number of nitrogens with zero attached hydrogens (tertiary/aromatic N) is 4. The van der Waals surface area contributed by atoms with Crippen molar-refractivity contribution in [2.45, 2.75) is 32.4 Å². The van der Waals surface area contributed by atoms with Gasteiger partial charge in [0.2, 0.25) is 11.7 Å². The molecule has 0 radical (unpaired) electrons. The summed E-state index contributed by atoms with van der Waals surface area (Å²) < 4.78 is 1.47. The van der Waals surface area contributed by atoms with Gasteiger partial charge in [-0.05, 0) is 19.8 Å². The fourth-order valence-electron chi connectivity index (χ4n) is 1.74. The Labute approximate surface area is 105 Å². The number of thiocarbonyl (C=S) groups is 1. The van der Waals surface area contributed by atoms with Gasteiger partial charge in [0.25, 0.3) is 0 Å². The van der Waals surface area contributed by atoms with Gasteiger partial charge in [0.15, 0.2) is 0 Å². The fraction of sp³-hybridized carbons (Fsp3) is 0.600. The van der Waals surface area contributed by atoms with Crippen molar-refractivity contribution in [2.24, 2.45) is 5.73 Å². The number of nitrogens with two attached hydrogens (primary N) is 1. The number of hydrogen-bond donors (Lipinski definition) is 1. The zero-order chi connectivity index (χ0) is 12.4. The van der Waals surface area contributed by atoms with E-state index in [-0.39, 0.29) is 17.4 Å². The molecule has 0 atom stereocenters. The summed E-state index contributed by atoms with van der Waals surface area (Å²) in [4.78, 5) is 17.9. The molecule has 1 aliphatic carbocycles. The Morgan fingerprint density at radius 2 is 2.41 bits per heavy atom. The van der Waals surface area contributed by atoms with Crippen LogP contribution in [0.5, 0.6) is 0 Å². The lowest BCUT2D eigenvalue weighted by Crippen LogP contribution is -2.35. The second-order valence-electron chi connectivity index (χ2n) is 4.04. The maximum atomic E-state index is 12.0. The highest BCUT2D eigenvalue weighted by atomic mass is 32.1. The Balaban J connectivity index is 1.99. The lowest BCUT2D eigenvalue weighted by atomic mass is 10.4. The first-order chi connectivity index (χ1) is 8.11. The van der Waals surface area contributed by atoms with E-state index in [0.29, 0.717) is 11.9 Å². The smallest absolute Gasteiger partial charge is 0.244 e. The van der Waals surface area contributed by atoms with Gasteiger partial charge in [0.05, 0.1) is 0 Å². The molecule has 17 heavy (non-hydrogen) atoms. The maximum Gasteiger partial charge on any atom is 0.244 e.